The van der Waals surface area contributed by atoms with Crippen LogP contribution in [0, 0.1) is 0 Å². The first-order valence-electron chi connectivity index (χ1n) is 8.60. The van der Waals surface area contributed by atoms with Gasteiger partial charge in [-0.1, -0.05) is 37.3 Å². The van der Waals surface area contributed by atoms with Gasteiger partial charge in [0.1, 0.15) is 0 Å². The number of benzene rings is 2. The highest BCUT2D eigenvalue weighted by molar-refractivity contribution is 7.99. The molecule has 26 heavy (non-hydrogen) atoms. The molecular formula is C19H22N2O3S2. The van der Waals surface area contributed by atoms with Gasteiger partial charge in [0.2, 0.25) is 10.0 Å². The summed E-state index contributed by atoms with van der Waals surface area (Å²) in [5, 5.41) is 0. The summed E-state index contributed by atoms with van der Waals surface area (Å²) in [4.78, 5) is 15.9. The molecule has 0 saturated carbocycles. The van der Waals surface area contributed by atoms with Gasteiger partial charge in [-0.25, -0.2) is 8.42 Å². The van der Waals surface area contributed by atoms with Crippen LogP contribution in [-0.4, -0.2) is 55.5 Å². The van der Waals surface area contributed by atoms with Crippen molar-refractivity contribution >= 4 is 27.7 Å². The Morgan fingerprint density at radius 3 is 2.23 bits per heavy atom. The molecule has 2 aromatic rings. The molecule has 1 aliphatic rings. The zero-order valence-corrected chi connectivity index (χ0v) is 16.3. The van der Waals surface area contributed by atoms with E-state index in [9.17, 15) is 13.2 Å². The van der Waals surface area contributed by atoms with E-state index in [1.54, 1.807) is 47.0 Å². The van der Waals surface area contributed by atoms with Gasteiger partial charge in [-0.05, 0) is 30.0 Å². The van der Waals surface area contributed by atoms with Crippen LogP contribution in [-0.2, 0) is 10.0 Å². The van der Waals surface area contributed by atoms with Crippen molar-refractivity contribution in [2.45, 2.75) is 16.7 Å². The van der Waals surface area contributed by atoms with Gasteiger partial charge < -0.3 is 4.90 Å². The van der Waals surface area contributed by atoms with Gasteiger partial charge in [-0.3, -0.25) is 4.79 Å². The zero-order valence-electron chi connectivity index (χ0n) is 14.7. The van der Waals surface area contributed by atoms with Crippen molar-refractivity contribution in [2.75, 3.05) is 31.9 Å². The van der Waals surface area contributed by atoms with Gasteiger partial charge >= 0.3 is 0 Å². The van der Waals surface area contributed by atoms with Crippen LogP contribution >= 0.6 is 11.8 Å². The summed E-state index contributed by atoms with van der Waals surface area (Å²) in [6.45, 7) is 3.48. The maximum absolute atomic E-state index is 12.9. The fourth-order valence-electron chi connectivity index (χ4n) is 2.97. The Morgan fingerprint density at radius 2 is 1.58 bits per heavy atom. The minimum atomic E-state index is -3.50. The van der Waals surface area contributed by atoms with E-state index in [-0.39, 0.29) is 5.91 Å². The molecule has 1 saturated heterocycles. The topological polar surface area (TPSA) is 57.7 Å². The summed E-state index contributed by atoms with van der Waals surface area (Å²) in [5.74, 6) is 0.867. The Bertz CT molecular complexity index is 861. The summed E-state index contributed by atoms with van der Waals surface area (Å²) in [5.41, 5.74) is 0.693. The number of carbonyl (C=O) groups excluding carboxylic acids is 1. The zero-order chi connectivity index (χ0) is 18.6. The van der Waals surface area contributed by atoms with Crippen LogP contribution < -0.4 is 0 Å². The predicted octanol–water partition coefficient (Wildman–Crippen LogP) is 2.95. The van der Waals surface area contributed by atoms with Crippen LogP contribution in [0.25, 0.3) is 0 Å². The standard InChI is InChI=1S/C19H22N2O3S2/c1-2-25-18-11-7-6-10-17(18)19(22)20-12-14-21(15-13-20)26(23,24)16-8-4-3-5-9-16/h3-11H,2,12-15H2,1H3. The SMILES string of the molecule is CCSc1ccccc1C(=O)N1CCN(S(=O)(=O)c2ccccc2)CC1. The molecule has 0 aliphatic carbocycles. The first kappa shape index (κ1) is 18.9. The third kappa shape index (κ3) is 3.95. The van der Waals surface area contributed by atoms with E-state index in [0.29, 0.717) is 36.6 Å². The maximum atomic E-state index is 12.9. The second kappa shape index (κ2) is 8.24. The number of hydrogen-bond donors (Lipinski definition) is 0. The van der Waals surface area contributed by atoms with E-state index in [2.05, 4.69) is 6.92 Å². The molecule has 0 aromatic heterocycles. The Kier molecular flexibility index (Phi) is 6.01. The van der Waals surface area contributed by atoms with Crippen LogP contribution in [0.3, 0.4) is 0 Å². The second-order valence-corrected chi connectivity index (χ2v) is 9.18. The molecular weight excluding hydrogens is 368 g/mol. The molecule has 0 N–H and O–H groups in total. The minimum absolute atomic E-state index is 0.0293. The predicted molar refractivity (Wildman–Crippen MR) is 104 cm³/mol. The lowest BCUT2D eigenvalue weighted by Gasteiger charge is -2.34. The van der Waals surface area contributed by atoms with Gasteiger partial charge in [0.25, 0.3) is 5.91 Å². The monoisotopic (exact) mass is 390 g/mol. The maximum Gasteiger partial charge on any atom is 0.255 e. The van der Waals surface area contributed by atoms with Crippen LogP contribution in [0.4, 0.5) is 0 Å². The van der Waals surface area contributed by atoms with E-state index < -0.39 is 10.0 Å². The number of thioether (sulfide) groups is 1. The number of amides is 1. The second-order valence-electron chi connectivity index (χ2n) is 5.94. The Labute approximate surface area is 159 Å². The molecule has 1 fully saturated rings. The molecule has 1 amide bonds. The minimum Gasteiger partial charge on any atom is -0.336 e. The van der Waals surface area contributed by atoms with Crippen molar-refractivity contribution < 1.29 is 13.2 Å². The molecule has 1 heterocycles. The van der Waals surface area contributed by atoms with Crippen molar-refractivity contribution in [3.8, 4) is 0 Å². The number of sulfonamides is 1. The number of piperazine rings is 1. The molecule has 3 rings (SSSR count). The molecule has 0 bridgehead atoms. The van der Waals surface area contributed by atoms with E-state index in [1.165, 1.54) is 4.31 Å². The summed E-state index contributed by atoms with van der Waals surface area (Å²) in [7, 11) is -3.50. The number of nitrogens with zero attached hydrogens (tertiary/aromatic N) is 2. The van der Waals surface area contributed by atoms with Crippen LogP contribution in [0.1, 0.15) is 17.3 Å². The molecule has 0 spiro atoms. The van der Waals surface area contributed by atoms with E-state index >= 15 is 0 Å². The molecule has 0 unspecified atom stereocenters. The number of rotatable bonds is 5. The van der Waals surface area contributed by atoms with E-state index in [0.717, 1.165) is 10.6 Å². The molecule has 0 atom stereocenters. The van der Waals surface area contributed by atoms with Gasteiger partial charge in [-0.2, -0.15) is 4.31 Å². The summed E-state index contributed by atoms with van der Waals surface area (Å²) in [6.07, 6.45) is 0. The Balaban J connectivity index is 1.70. The van der Waals surface area contributed by atoms with Crippen molar-refractivity contribution in [3.63, 3.8) is 0 Å². The van der Waals surface area contributed by atoms with Gasteiger partial charge in [0.15, 0.2) is 0 Å². The average molecular weight is 391 g/mol. The molecule has 0 radical (unpaired) electrons. The molecule has 5 nitrogen and oxygen atoms in total. The highest BCUT2D eigenvalue weighted by Crippen LogP contribution is 2.24. The average Bonchev–Trinajstić information content (AvgIpc) is 2.69. The Morgan fingerprint density at radius 1 is 0.962 bits per heavy atom. The highest BCUT2D eigenvalue weighted by atomic mass is 32.2. The lowest BCUT2D eigenvalue weighted by atomic mass is 10.2. The molecule has 138 valence electrons. The third-order valence-corrected chi connectivity index (χ3v) is 7.19. The van der Waals surface area contributed by atoms with E-state index in [4.69, 9.17) is 0 Å². The van der Waals surface area contributed by atoms with Crippen LogP contribution in [0.2, 0.25) is 0 Å². The van der Waals surface area contributed by atoms with E-state index in [1.807, 2.05) is 24.3 Å². The molecule has 2 aromatic carbocycles. The quantitative estimate of drug-likeness (QED) is 0.737. The highest BCUT2D eigenvalue weighted by Gasteiger charge is 2.30. The Hall–Kier alpha value is -1.83. The van der Waals surface area contributed by atoms with Crippen molar-refractivity contribution in [1.82, 2.24) is 9.21 Å². The van der Waals surface area contributed by atoms with Crippen molar-refractivity contribution in [3.05, 3.63) is 60.2 Å². The van der Waals surface area contributed by atoms with Gasteiger partial charge in [0.05, 0.1) is 10.5 Å². The summed E-state index contributed by atoms with van der Waals surface area (Å²) < 4.78 is 26.8. The lowest BCUT2D eigenvalue weighted by molar-refractivity contribution is 0.0694. The van der Waals surface area contributed by atoms with Crippen LogP contribution in [0.15, 0.2) is 64.4 Å². The normalized spacial score (nSPS) is 15.8. The fourth-order valence-corrected chi connectivity index (χ4v) is 5.21. The summed E-state index contributed by atoms with van der Waals surface area (Å²) >= 11 is 1.64. The first-order chi connectivity index (χ1) is 12.5. The van der Waals surface area contributed by atoms with Crippen LogP contribution in [0.5, 0.6) is 0 Å². The fraction of sp³-hybridized carbons (Fsp3) is 0.316. The lowest BCUT2D eigenvalue weighted by Crippen LogP contribution is -2.50. The largest absolute Gasteiger partial charge is 0.336 e. The first-order valence-corrected chi connectivity index (χ1v) is 11.0. The smallest absolute Gasteiger partial charge is 0.255 e. The third-order valence-electron chi connectivity index (χ3n) is 4.32. The number of carbonyl (C=O) groups is 1. The van der Waals surface area contributed by atoms with Crippen molar-refractivity contribution in [1.29, 1.82) is 0 Å². The molecule has 1 aliphatic heterocycles. The summed E-state index contributed by atoms with van der Waals surface area (Å²) in [6, 6.07) is 16.0. The molecule has 7 heteroatoms. The van der Waals surface area contributed by atoms with Gasteiger partial charge in [0, 0.05) is 31.1 Å². The van der Waals surface area contributed by atoms with Crippen molar-refractivity contribution in [2.24, 2.45) is 0 Å². The van der Waals surface area contributed by atoms with Gasteiger partial charge in [-0.15, -0.1) is 11.8 Å². The number of hydrogen-bond acceptors (Lipinski definition) is 4.